The summed E-state index contributed by atoms with van der Waals surface area (Å²) in [5, 5.41) is 0. The Labute approximate surface area is 140 Å². The molecule has 3 nitrogen and oxygen atoms in total. The molecule has 0 spiro atoms. The first-order valence-electron chi connectivity index (χ1n) is 7.51. The van der Waals surface area contributed by atoms with Gasteiger partial charge in [-0.1, -0.05) is 34.1 Å². The predicted molar refractivity (Wildman–Crippen MR) is 91.0 cm³/mol. The van der Waals surface area contributed by atoms with Crippen molar-refractivity contribution < 1.29 is 14.3 Å². The summed E-state index contributed by atoms with van der Waals surface area (Å²) in [6.45, 7) is 6.22. The van der Waals surface area contributed by atoms with Gasteiger partial charge in [0.25, 0.3) is 0 Å². The Kier molecular flexibility index (Phi) is 5.32. The van der Waals surface area contributed by atoms with Crippen LogP contribution in [0.1, 0.15) is 31.7 Å². The zero-order valence-corrected chi connectivity index (χ0v) is 15.0. The molecular formula is C18H23BrO3. The lowest BCUT2D eigenvalue weighted by Gasteiger charge is -2.40. The minimum Gasteiger partial charge on any atom is -0.497 e. The van der Waals surface area contributed by atoms with Gasteiger partial charge in [-0.05, 0) is 56.2 Å². The van der Waals surface area contributed by atoms with E-state index in [2.05, 4.69) is 22.5 Å². The van der Waals surface area contributed by atoms with Gasteiger partial charge in [-0.15, -0.1) is 0 Å². The summed E-state index contributed by atoms with van der Waals surface area (Å²) in [6, 6.07) is 5.94. The Morgan fingerprint density at radius 2 is 2.18 bits per heavy atom. The van der Waals surface area contributed by atoms with E-state index in [0.29, 0.717) is 0 Å². The van der Waals surface area contributed by atoms with E-state index in [9.17, 15) is 4.79 Å². The standard InChI is InChI=1S/C18H23BrO3/c1-12-6-5-9-18(2,17(20)22-4)15(12)10-13-7-8-14(21-3)11-16(13)19/h7-8,11,15H,1,5-6,9-10H2,2-4H3/t15-,18-/m1/s1. The largest absolute Gasteiger partial charge is 0.497 e. The zero-order chi connectivity index (χ0) is 16.3. The molecule has 0 aromatic heterocycles. The van der Waals surface area contributed by atoms with Crippen LogP contribution in [0.3, 0.4) is 0 Å². The highest BCUT2D eigenvalue weighted by Gasteiger charge is 2.45. The number of ether oxygens (including phenoxy) is 2. The number of methoxy groups -OCH3 is 2. The highest BCUT2D eigenvalue weighted by molar-refractivity contribution is 9.10. The van der Waals surface area contributed by atoms with Gasteiger partial charge < -0.3 is 9.47 Å². The molecule has 120 valence electrons. The number of hydrogen-bond donors (Lipinski definition) is 0. The summed E-state index contributed by atoms with van der Waals surface area (Å²) >= 11 is 3.60. The third-order valence-corrected chi connectivity index (χ3v) is 5.53. The molecule has 0 unspecified atom stereocenters. The zero-order valence-electron chi connectivity index (χ0n) is 13.4. The van der Waals surface area contributed by atoms with E-state index in [1.165, 1.54) is 7.11 Å². The molecule has 1 aromatic carbocycles. The summed E-state index contributed by atoms with van der Waals surface area (Å²) in [6.07, 6.45) is 3.59. The number of rotatable bonds is 4. The molecule has 2 rings (SSSR count). The second-order valence-corrected chi connectivity index (χ2v) is 6.99. The Morgan fingerprint density at radius 1 is 1.45 bits per heavy atom. The lowest BCUT2D eigenvalue weighted by Crippen LogP contribution is -2.41. The molecule has 0 bridgehead atoms. The van der Waals surface area contributed by atoms with E-state index < -0.39 is 5.41 Å². The highest BCUT2D eigenvalue weighted by atomic mass is 79.9. The van der Waals surface area contributed by atoms with E-state index in [0.717, 1.165) is 47.0 Å². The second kappa shape index (κ2) is 6.86. The van der Waals surface area contributed by atoms with Crippen molar-refractivity contribution in [3.8, 4) is 5.75 Å². The maximum Gasteiger partial charge on any atom is 0.312 e. The van der Waals surface area contributed by atoms with Gasteiger partial charge in [0.05, 0.1) is 19.6 Å². The smallest absolute Gasteiger partial charge is 0.312 e. The summed E-state index contributed by atoms with van der Waals surface area (Å²) in [5.41, 5.74) is 1.80. The average Bonchev–Trinajstić information content (AvgIpc) is 2.51. The summed E-state index contributed by atoms with van der Waals surface area (Å²) in [4.78, 5) is 12.3. The number of allylic oxidation sites excluding steroid dienone is 1. The molecule has 1 saturated carbocycles. The van der Waals surface area contributed by atoms with Crippen LogP contribution in [0.25, 0.3) is 0 Å². The van der Waals surface area contributed by atoms with E-state index >= 15 is 0 Å². The van der Waals surface area contributed by atoms with Crippen LogP contribution in [-0.4, -0.2) is 20.2 Å². The van der Waals surface area contributed by atoms with Gasteiger partial charge in [-0.3, -0.25) is 4.79 Å². The van der Waals surface area contributed by atoms with Crippen molar-refractivity contribution >= 4 is 21.9 Å². The number of hydrogen-bond acceptors (Lipinski definition) is 3. The van der Waals surface area contributed by atoms with Crippen molar-refractivity contribution in [2.45, 2.75) is 32.6 Å². The van der Waals surface area contributed by atoms with E-state index in [1.807, 2.05) is 25.1 Å². The van der Waals surface area contributed by atoms with Gasteiger partial charge in [-0.2, -0.15) is 0 Å². The molecular weight excluding hydrogens is 344 g/mol. The Balaban J connectivity index is 2.31. The minimum absolute atomic E-state index is 0.0957. The molecule has 0 N–H and O–H groups in total. The number of halogens is 1. The summed E-state index contributed by atoms with van der Waals surface area (Å²) in [7, 11) is 3.12. The number of carbonyl (C=O) groups excluding carboxylic acids is 1. The van der Waals surface area contributed by atoms with Crippen LogP contribution >= 0.6 is 15.9 Å². The van der Waals surface area contributed by atoms with Gasteiger partial charge in [-0.25, -0.2) is 0 Å². The Bertz CT molecular complexity index is 582. The van der Waals surface area contributed by atoms with Crippen molar-refractivity contribution in [2.75, 3.05) is 14.2 Å². The van der Waals surface area contributed by atoms with E-state index in [-0.39, 0.29) is 11.9 Å². The predicted octanol–water partition coefficient (Wildman–Crippen LogP) is 4.54. The molecule has 0 aliphatic heterocycles. The molecule has 2 atom stereocenters. The lowest BCUT2D eigenvalue weighted by molar-refractivity contribution is -0.155. The molecule has 4 heteroatoms. The number of esters is 1. The summed E-state index contributed by atoms with van der Waals surface area (Å²) in [5.74, 6) is 0.773. The maximum absolute atomic E-state index is 12.3. The molecule has 1 aromatic rings. The molecule has 1 fully saturated rings. The SMILES string of the molecule is C=C1CCC[C@@](C)(C(=O)OC)[C@@H]1Cc1ccc(OC)cc1Br. The second-order valence-electron chi connectivity index (χ2n) is 6.13. The van der Waals surface area contributed by atoms with Gasteiger partial charge in [0.15, 0.2) is 0 Å². The topological polar surface area (TPSA) is 35.5 Å². The minimum atomic E-state index is -0.497. The molecule has 0 radical (unpaired) electrons. The van der Waals surface area contributed by atoms with Crippen LogP contribution in [0.4, 0.5) is 0 Å². The fraction of sp³-hybridized carbons (Fsp3) is 0.500. The van der Waals surface area contributed by atoms with Crippen LogP contribution in [0.5, 0.6) is 5.75 Å². The molecule has 1 aliphatic rings. The fourth-order valence-electron chi connectivity index (χ4n) is 3.37. The monoisotopic (exact) mass is 366 g/mol. The van der Waals surface area contributed by atoms with Crippen LogP contribution < -0.4 is 4.74 Å². The van der Waals surface area contributed by atoms with Gasteiger partial charge >= 0.3 is 5.97 Å². The number of carbonyl (C=O) groups is 1. The van der Waals surface area contributed by atoms with Crippen molar-refractivity contribution in [2.24, 2.45) is 11.3 Å². The fourth-order valence-corrected chi connectivity index (χ4v) is 3.89. The van der Waals surface area contributed by atoms with Crippen LogP contribution in [-0.2, 0) is 16.0 Å². The van der Waals surface area contributed by atoms with Crippen molar-refractivity contribution in [1.29, 1.82) is 0 Å². The van der Waals surface area contributed by atoms with Crippen LogP contribution in [0, 0.1) is 11.3 Å². The number of benzene rings is 1. The molecule has 0 saturated heterocycles. The first-order chi connectivity index (χ1) is 10.4. The molecule has 0 heterocycles. The van der Waals surface area contributed by atoms with Gasteiger partial charge in [0.1, 0.15) is 5.75 Å². The third-order valence-electron chi connectivity index (χ3n) is 4.79. The normalized spacial score (nSPS) is 24.9. The quantitative estimate of drug-likeness (QED) is 0.579. The first kappa shape index (κ1) is 17.1. The molecule has 1 aliphatic carbocycles. The molecule has 22 heavy (non-hydrogen) atoms. The van der Waals surface area contributed by atoms with Crippen molar-refractivity contribution in [3.05, 3.63) is 40.4 Å². The van der Waals surface area contributed by atoms with Gasteiger partial charge in [0, 0.05) is 4.47 Å². The highest BCUT2D eigenvalue weighted by Crippen LogP contribution is 2.46. The lowest BCUT2D eigenvalue weighted by atomic mass is 9.63. The Morgan fingerprint density at radius 3 is 2.77 bits per heavy atom. The maximum atomic E-state index is 12.3. The van der Waals surface area contributed by atoms with Crippen molar-refractivity contribution in [3.63, 3.8) is 0 Å². The summed E-state index contributed by atoms with van der Waals surface area (Å²) < 4.78 is 11.3. The van der Waals surface area contributed by atoms with Crippen LogP contribution in [0.15, 0.2) is 34.8 Å². The first-order valence-corrected chi connectivity index (χ1v) is 8.30. The third kappa shape index (κ3) is 3.22. The molecule has 0 amide bonds. The Hall–Kier alpha value is -1.29. The average molecular weight is 367 g/mol. The van der Waals surface area contributed by atoms with Gasteiger partial charge in [0.2, 0.25) is 0 Å². The van der Waals surface area contributed by atoms with Crippen molar-refractivity contribution in [1.82, 2.24) is 0 Å². The van der Waals surface area contributed by atoms with E-state index in [1.54, 1.807) is 7.11 Å². The van der Waals surface area contributed by atoms with Crippen LogP contribution in [0.2, 0.25) is 0 Å². The van der Waals surface area contributed by atoms with E-state index in [4.69, 9.17) is 9.47 Å².